The maximum atomic E-state index is 13.8. The van der Waals surface area contributed by atoms with Crippen molar-refractivity contribution in [2.75, 3.05) is 0 Å². The van der Waals surface area contributed by atoms with Gasteiger partial charge in [0.1, 0.15) is 5.76 Å². The normalized spacial score (nSPS) is 33.3. The van der Waals surface area contributed by atoms with Gasteiger partial charge in [-0.15, -0.1) is 0 Å². The smallest absolute Gasteiger partial charge is 0.190 e. The van der Waals surface area contributed by atoms with Crippen LogP contribution in [0.25, 0.3) is 0 Å². The van der Waals surface area contributed by atoms with Gasteiger partial charge >= 0.3 is 0 Å². The molecule has 30 heavy (non-hydrogen) atoms. The van der Waals surface area contributed by atoms with Crippen molar-refractivity contribution in [3.8, 4) is 0 Å². The van der Waals surface area contributed by atoms with Crippen LogP contribution in [-0.4, -0.2) is 22.5 Å². The zero-order valence-corrected chi connectivity index (χ0v) is 18.9. The molecule has 4 heteroatoms. The third-order valence-electron chi connectivity index (χ3n) is 8.37. The van der Waals surface area contributed by atoms with Gasteiger partial charge in [0.25, 0.3) is 0 Å². The molecule has 3 atom stereocenters. The Morgan fingerprint density at radius 2 is 1.60 bits per heavy atom. The molecule has 3 unspecified atom stereocenters. The van der Waals surface area contributed by atoms with Crippen LogP contribution < -0.4 is 0 Å². The van der Waals surface area contributed by atoms with Crippen LogP contribution in [0.4, 0.5) is 0 Å². The van der Waals surface area contributed by atoms with Gasteiger partial charge in [-0.05, 0) is 69.6 Å². The Bertz CT molecular complexity index is 1120. The number of benzene rings is 1. The summed E-state index contributed by atoms with van der Waals surface area (Å²) >= 11 is 0. The molecule has 1 aromatic rings. The fourth-order valence-electron chi connectivity index (χ4n) is 6.69. The van der Waals surface area contributed by atoms with Gasteiger partial charge in [-0.1, -0.05) is 31.6 Å². The van der Waals surface area contributed by atoms with Crippen LogP contribution in [0.3, 0.4) is 0 Å². The summed E-state index contributed by atoms with van der Waals surface area (Å²) in [5, 5.41) is 10.6. The quantitative estimate of drug-likeness (QED) is 0.654. The number of aryl methyl sites for hydroxylation is 2. The van der Waals surface area contributed by atoms with Gasteiger partial charge in [0.05, 0.1) is 11.0 Å². The van der Waals surface area contributed by atoms with Crippen molar-refractivity contribution in [1.82, 2.24) is 0 Å². The van der Waals surface area contributed by atoms with E-state index in [4.69, 9.17) is 0 Å². The molecular formula is C26H30O4. The minimum atomic E-state index is -1.00. The minimum absolute atomic E-state index is 0.0108. The molecule has 3 aliphatic carbocycles. The standard InChI is InChI=1S/C26H30O4/c1-13-8-9-14(2)19-17(13)10-24(5)12-25(6)11-18(28)20(16(4)27)23(30)26(25,7)15(3)21(24)22(19)29/h8-9,28H,10-12H2,1-7H3. The first kappa shape index (κ1) is 20.8. The van der Waals surface area contributed by atoms with E-state index in [1.54, 1.807) is 0 Å². The molecule has 0 radical (unpaired) electrons. The van der Waals surface area contributed by atoms with E-state index < -0.39 is 22.0 Å². The molecule has 0 fully saturated rings. The number of hydrogen-bond donors (Lipinski definition) is 1. The van der Waals surface area contributed by atoms with Crippen LogP contribution in [0.1, 0.15) is 74.5 Å². The lowest BCUT2D eigenvalue weighted by Crippen LogP contribution is -2.57. The molecule has 4 rings (SSSR count). The van der Waals surface area contributed by atoms with E-state index in [2.05, 4.69) is 13.0 Å². The van der Waals surface area contributed by atoms with Gasteiger partial charge in [0.2, 0.25) is 0 Å². The van der Waals surface area contributed by atoms with Gasteiger partial charge < -0.3 is 5.11 Å². The molecule has 0 spiro atoms. The van der Waals surface area contributed by atoms with E-state index in [1.165, 1.54) is 6.92 Å². The average molecular weight is 407 g/mol. The highest BCUT2D eigenvalue weighted by atomic mass is 16.3. The lowest BCUT2D eigenvalue weighted by Gasteiger charge is -2.58. The third-order valence-corrected chi connectivity index (χ3v) is 8.37. The summed E-state index contributed by atoms with van der Waals surface area (Å²) in [6.07, 6.45) is 1.60. The van der Waals surface area contributed by atoms with Crippen molar-refractivity contribution in [3.05, 3.63) is 56.9 Å². The molecule has 0 saturated carbocycles. The number of ketones is 3. The van der Waals surface area contributed by atoms with Gasteiger partial charge in [-0.25, -0.2) is 0 Å². The fraction of sp³-hybridized carbons (Fsp3) is 0.500. The average Bonchev–Trinajstić information content (AvgIpc) is 2.60. The van der Waals surface area contributed by atoms with Crippen LogP contribution in [-0.2, 0) is 16.0 Å². The van der Waals surface area contributed by atoms with Crippen molar-refractivity contribution in [2.24, 2.45) is 16.2 Å². The number of Topliss-reactive ketones (excluding diaryl/α,β-unsaturated/α-hetero) is 3. The Balaban J connectivity index is 2.03. The second kappa shape index (κ2) is 6.03. The lowest BCUT2D eigenvalue weighted by molar-refractivity contribution is -0.135. The number of carbonyl (C=O) groups excluding carboxylic acids is 3. The Labute approximate surface area is 178 Å². The highest BCUT2D eigenvalue weighted by Crippen LogP contribution is 2.66. The number of allylic oxidation sites excluding steroid dienone is 4. The van der Waals surface area contributed by atoms with E-state index >= 15 is 0 Å². The molecule has 0 aliphatic heterocycles. The van der Waals surface area contributed by atoms with Crippen LogP contribution >= 0.6 is 0 Å². The second-order valence-corrected chi connectivity index (χ2v) is 10.4. The predicted octanol–water partition coefficient (Wildman–Crippen LogP) is 5.16. The molecule has 3 aliphatic rings. The van der Waals surface area contributed by atoms with Crippen molar-refractivity contribution >= 4 is 17.3 Å². The molecule has 4 nitrogen and oxygen atoms in total. The first-order valence-corrected chi connectivity index (χ1v) is 10.6. The predicted molar refractivity (Wildman–Crippen MR) is 116 cm³/mol. The van der Waals surface area contributed by atoms with Gasteiger partial charge in [-0.3, -0.25) is 14.4 Å². The molecule has 0 bridgehead atoms. The highest BCUT2D eigenvalue weighted by Gasteiger charge is 2.63. The van der Waals surface area contributed by atoms with Gasteiger partial charge in [0, 0.05) is 23.0 Å². The Kier molecular flexibility index (Phi) is 4.17. The Morgan fingerprint density at radius 1 is 1.00 bits per heavy atom. The summed E-state index contributed by atoms with van der Waals surface area (Å²) < 4.78 is 0. The molecule has 0 saturated heterocycles. The largest absolute Gasteiger partial charge is 0.511 e. The summed E-state index contributed by atoms with van der Waals surface area (Å²) in [7, 11) is 0. The van der Waals surface area contributed by atoms with Crippen LogP contribution in [0.5, 0.6) is 0 Å². The molecule has 0 heterocycles. The van der Waals surface area contributed by atoms with Crippen molar-refractivity contribution in [3.63, 3.8) is 0 Å². The summed E-state index contributed by atoms with van der Waals surface area (Å²) in [6.45, 7) is 13.2. The van der Waals surface area contributed by atoms with Crippen molar-refractivity contribution in [2.45, 2.75) is 67.7 Å². The van der Waals surface area contributed by atoms with E-state index in [1.807, 2.05) is 40.7 Å². The Hall–Kier alpha value is -2.49. The summed E-state index contributed by atoms with van der Waals surface area (Å²) in [4.78, 5) is 39.6. The third kappa shape index (κ3) is 2.31. The SMILES string of the molecule is CC(=O)C1=C(O)CC2(C)CC3(C)Cc4c(C)ccc(C)c4C(=O)C3=C(C)C2(C)C1=O. The summed E-state index contributed by atoms with van der Waals surface area (Å²) in [5.74, 6) is -0.870. The van der Waals surface area contributed by atoms with Gasteiger partial charge in [0.15, 0.2) is 17.3 Å². The molecule has 0 aromatic heterocycles. The number of fused-ring (bicyclic) bond motifs is 3. The lowest BCUT2D eigenvalue weighted by atomic mass is 9.43. The van der Waals surface area contributed by atoms with Crippen LogP contribution in [0.2, 0.25) is 0 Å². The number of aliphatic hydroxyl groups excluding tert-OH is 1. The molecule has 158 valence electrons. The molecule has 0 amide bonds. The fourth-order valence-corrected chi connectivity index (χ4v) is 6.69. The molecule has 1 N–H and O–H groups in total. The number of carbonyl (C=O) groups is 3. The van der Waals surface area contributed by atoms with Crippen molar-refractivity contribution in [1.29, 1.82) is 0 Å². The first-order chi connectivity index (χ1) is 13.8. The highest BCUT2D eigenvalue weighted by molar-refractivity contribution is 6.24. The zero-order valence-electron chi connectivity index (χ0n) is 18.9. The van der Waals surface area contributed by atoms with E-state index in [-0.39, 0.29) is 29.3 Å². The zero-order chi connectivity index (χ0) is 22.4. The monoisotopic (exact) mass is 406 g/mol. The van der Waals surface area contributed by atoms with E-state index in [9.17, 15) is 19.5 Å². The minimum Gasteiger partial charge on any atom is -0.511 e. The summed E-state index contributed by atoms with van der Waals surface area (Å²) in [6, 6.07) is 4.05. The summed E-state index contributed by atoms with van der Waals surface area (Å²) in [5.41, 5.74) is 3.31. The van der Waals surface area contributed by atoms with E-state index in [0.717, 1.165) is 39.8 Å². The van der Waals surface area contributed by atoms with Crippen molar-refractivity contribution < 1.29 is 19.5 Å². The maximum absolute atomic E-state index is 13.8. The number of aliphatic hydroxyl groups is 1. The van der Waals surface area contributed by atoms with E-state index in [0.29, 0.717) is 6.42 Å². The number of hydrogen-bond acceptors (Lipinski definition) is 4. The van der Waals surface area contributed by atoms with Gasteiger partial charge in [-0.2, -0.15) is 0 Å². The Morgan fingerprint density at radius 3 is 2.20 bits per heavy atom. The van der Waals surface area contributed by atoms with Crippen LogP contribution in [0, 0.1) is 30.1 Å². The first-order valence-electron chi connectivity index (χ1n) is 10.6. The number of rotatable bonds is 1. The molecule has 1 aromatic carbocycles. The molecular weight excluding hydrogens is 376 g/mol. The topological polar surface area (TPSA) is 71.4 Å². The van der Waals surface area contributed by atoms with Crippen LogP contribution in [0.15, 0.2) is 34.6 Å². The maximum Gasteiger partial charge on any atom is 0.190 e. The second-order valence-electron chi connectivity index (χ2n) is 10.4.